The fourth-order valence-electron chi connectivity index (χ4n) is 4.32. The highest BCUT2D eigenvalue weighted by molar-refractivity contribution is 7.12. The molecule has 0 saturated carbocycles. The summed E-state index contributed by atoms with van der Waals surface area (Å²) < 4.78 is 11.5. The van der Waals surface area contributed by atoms with Gasteiger partial charge in [-0.3, -0.25) is 4.90 Å². The third kappa shape index (κ3) is 2.34. The molecule has 0 spiro atoms. The van der Waals surface area contributed by atoms with Gasteiger partial charge in [-0.05, 0) is 29.9 Å². The van der Waals surface area contributed by atoms with Gasteiger partial charge in [0.2, 0.25) is 5.60 Å². The standard InChI is InChI=1S/C18H19NO4S2/c1-19-11-8-10(9-12(19)16-15(11)23-16)22-17(20)18(21,13-4-2-6-24-13)14-5-3-7-25-14/h2-7,10-12,15-16,21H,8-9H2,1H3/t10?,11?,12?,15-,16+. The second-order valence-corrected chi connectivity index (χ2v) is 8.92. The Labute approximate surface area is 153 Å². The van der Waals surface area contributed by atoms with E-state index in [1.807, 2.05) is 22.9 Å². The number of carbonyl (C=O) groups is 1. The fourth-order valence-corrected chi connectivity index (χ4v) is 6.04. The zero-order valence-electron chi connectivity index (χ0n) is 13.7. The first-order valence-corrected chi connectivity index (χ1v) is 10.2. The quantitative estimate of drug-likeness (QED) is 0.654. The van der Waals surface area contributed by atoms with Gasteiger partial charge in [0, 0.05) is 24.9 Å². The van der Waals surface area contributed by atoms with Gasteiger partial charge in [0.05, 0.1) is 9.75 Å². The minimum Gasteiger partial charge on any atom is -0.460 e. The van der Waals surface area contributed by atoms with E-state index in [1.165, 1.54) is 22.7 Å². The van der Waals surface area contributed by atoms with Crippen LogP contribution in [0.15, 0.2) is 35.0 Å². The van der Waals surface area contributed by atoms with Crippen molar-refractivity contribution in [3.8, 4) is 0 Å². The maximum atomic E-state index is 13.0. The van der Waals surface area contributed by atoms with Crippen LogP contribution in [0.1, 0.15) is 22.6 Å². The molecular formula is C18H19NO4S2. The van der Waals surface area contributed by atoms with Crippen LogP contribution in [0, 0.1) is 0 Å². The zero-order valence-corrected chi connectivity index (χ0v) is 15.3. The van der Waals surface area contributed by atoms with Crippen molar-refractivity contribution in [1.82, 2.24) is 4.90 Å². The summed E-state index contributed by atoms with van der Waals surface area (Å²) in [6.45, 7) is 0. The molecule has 3 fully saturated rings. The summed E-state index contributed by atoms with van der Waals surface area (Å²) in [6.07, 6.45) is 1.97. The molecule has 7 heteroatoms. The van der Waals surface area contributed by atoms with E-state index < -0.39 is 11.6 Å². The highest BCUT2D eigenvalue weighted by Crippen LogP contribution is 2.48. The van der Waals surface area contributed by atoms with Gasteiger partial charge >= 0.3 is 5.97 Å². The number of carbonyl (C=O) groups excluding carboxylic acids is 1. The van der Waals surface area contributed by atoms with Crippen molar-refractivity contribution in [2.75, 3.05) is 7.05 Å². The summed E-state index contributed by atoms with van der Waals surface area (Å²) in [4.78, 5) is 16.6. The van der Waals surface area contributed by atoms with E-state index in [4.69, 9.17) is 9.47 Å². The predicted molar refractivity (Wildman–Crippen MR) is 94.8 cm³/mol. The Morgan fingerprint density at radius 1 is 1.20 bits per heavy atom. The second kappa shape index (κ2) is 5.62. The van der Waals surface area contributed by atoms with Crippen LogP contribution in [0.3, 0.4) is 0 Å². The summed E-state index contributed by atoms with van der Waals surface area (Å²) in [5.74, 6) is -0.569. The SMILES string of the molecule is CN1C2CC(OC(=O)C(O)(c3cccs3)c3cccs3)CC1[C@@H]1O[C@H]21. The van der Waals surface area contributed by atoms with E-state index in [0.717, 1.165) is 12.8 Å². The minimum atomic E-state index is -1.72. The molecule has 2 bridgehead atoms. The van der Waals surface area contributed by atoms with Gasteiger partial charge in [-0.25, -0.2) is 4.79 Å². The molecule has 2 aromatic heterocycles. The zero-order chi connectivity index (χ0) is 17.2. The lowest BCUT2D eigenvalue weighted by Gasteiger charge is -2.38. The second-order valence-electron chi connectivity index (χ2n) is 7.03. The highest BCUT2D eigenvalue weighted by atomic mass is 32.1. The first-order chi connectivity index (χ1) is 12.1. The molecule has 0 radical (unpaired) electrons. The molecule has 0 amide bonds. The number of epoxide rings is 1. The summed E-state index contributed by atoms with van der Waals surface area (Å²) >= 11 is 2.73. The van der Waals surface area contributed by atoms with Crippen molar-refractivity contribution >= 4 is 28.6 Å². The molecule has 2 aromatic rings. The third-order valence-corrected chi connectivity index (χ3v) is 7.66. The van der Waals surface area contributed by atoms with Gasteiger partial charge < -0.3 is 14.6 Å². The Balaban J connectivity index is 1.39. The van der Waals surface area contributed by atoms with Gasteiger partial charge in [0.1, 0.15) is 18.3 Å². The Hall–Kier alpha value is -1.25. The molecule has 1 N–H and O–H groups in total. The van der Waals surface area contributed by atoms with Crippen molar-refractivity contribution in [2.24, 2.45) is 0 Å². The molecule has 0 aromatic carbocycles. The average molecular weight is 377 g/mol. The molecule has 132 valence electrons. The number of fused-ring (bicyclic) bond motifs is 5. The molecule has 3 saturated heterocycles. The van der Waals surface area contributed by atoms with Gasteiger partial charge in [-0.15, -0.1) is 22.7 Å². The lowest BCUT2D eigenvalue weighted by molar-refractivity contribution is -0.171. The Morgan fingerprint density at radius 2 is 1.76 bits per heavy atom. The first kappa shape index (κ1) is 16.0. The van der Waals surface area contributed by atoms with E-state index >= 15 is 0 Å². The topological polar surface area (TPSA) is 62.3 Å². The molecule has 25 heavy (non-hydrogen) atoms. The van der Waals surface area contributed by atoms with Crippen molar-refractivity contribution in [3.05, 3.63) is 44.8 Å². The van der Waals surface area contributed by atoms with E-state index in [-0.39, 0.29) is 6.10 Å². The Bertz CT molecular complexity index is 723. The molecule has 3 aliphatic heterocycles. The summed E-state index contributed by atoms with van der Waals surface area (Å²) in [7, 11) is 2.12. The normalized spacial score (nSPS) is 33.9. The average Bonchev–Trinajstić information content (AvgIpc) is 2.97. The van der Waals surface area contributed by atoms with Crippen molar-refractivity contribution in [3.63, 3.8) is 0 Å². The smallest absolute Gasteiger partial charge is 0.349 e. The lowest BCUT2D eigenvalue weighted by Crippen LogP contribution is -2.49. The molecular weight excluding hydrogens is 358 g/mol. The van der Waals surface area contributed by atoms with Crippen molar-refractivity contribution < 1.29 is 19.4 Å². The summed E-state index contributed by atoms with van der Waals surface area (Å²) in [6, 6.07) is 7.88. The van der Waals surface area contributed by atoms with Crippen LogP contribution in [0.2, 0.25) is 0 Å². The van der Waals surface area contributed by atoms with Crippen LogP contribution >= 0.6 is 22.7 Å². The molecule has 3 aliphatic rings. The molecule has 5 heterocycles. The van der Waals surface area contributed by atoms with Crippen LogP contribution in [-0.2, 0) is 19.9 Å². The van der Waals surface area contributed by atoms with Crippen LogP contribution < -0.4 is 0 Å². The van der Waals surface area contributed by atoms with Crippen LogP contribution in [0.25, 0.3) is 0 Å². The summed E-state index contributed by atoms with van der Waals surface area (Å²) in [5, 5.41) is 15.0. The van der Waals surface area contributed by atoms with Gasteiger partial charge in [0.15, 0.2) is 0 Å². The number of hydrogen-bond donors (Lipinski definition) is 1. The van der Waals surface area contributed by atoms with Crippen molar-refractivity contribution in [1.29, 1.82) is 0 Å². The minimum absolute atomic E-state index is 0.165. The van der Waals surface area contributed by atoms with Gasteiger partial charge in [-0.2, -0.15) is 0 Å². The number of hydrogen-bond acceptors (Lipinski definition) is 7. The van der Waals surface area contributed by atoms with E-state index in [0.29, 0.717) is 34.0 Å². The van der Waals surface area contributed by atoms with Crippen LogP contribution in [0.4, 0.5) is 0 Å². The van der Waals surface area contributed by atoms with Crippen molar-refractivity contribution in [2.45, 2.75) is 48.8 Å². The molecule has 5 rings (SSSR count). The van der Waals surface area contributed by atoms with Crippen LogP contribution in [-0.4, -0.2) is 53.4 Å². The molecule has 0 aliphatic carbocycles. The number of thiophene rings is 2. The number of esters is 1. The first-order valence-electron chi connectivity index (χ1n) is 8.48. The summed E-state index contributed by atoms with van der Waals surface area (Å²) in [5.41, 5.74) is -1.72. The molecule has 5 atom stereocenters. The number of ether oxygens (including phenoxy) is 2. The number of rotatable bonds is 4. The third-order valence-electron chi connectivity index (χ3n) is 5.70. The predicted octanol–water partition coefficient (Wildman–Crippen LogP) is 2.20. The largest absolute Gasteiger partial charge is 0.460 e. The number of nitrogens with zero attached hydrogens (tertiary/aromatic N) is 1. The highest BCUT2D eigenvalue weighted by Gasteiger charge is 2.63. The van der Waals surface area contributed by atoms with Gasteiger partial charge in [-0.1, -0.05) is 12.1 Å². The Kier molecular flexibility index (Phi) is 3.59. The van der Waals surface area contributed by atoms with Crippen LogP contribution in [0.5, 0.6) is 0 Å². The molecule has 5 nitrogen and oxygen atoms in total. The monoisotopic (exact) mass is 377 g/mol. The number of aliphatic hydroxyl groups is 1. The number of likely N-dealkylation sites (N-methyl/N-ethyl adjacent to an activating group) is 1. The van der Waals surface area contributed by atoms with E-state index in [1.54, 1.807) is 12.1 Å². The number of morpholine rings is 1. The Morgan fingerprint density at radius 3 is 2.24 bits per heavy atom. The molecule has 3 unspecified atom stereocenters. The maximum Gasteiger partial charge on any atom is 0.349 e. The maximum absolute atomic E-state index is 13.0. The lowest BCUT2D eigenvalue weighted by atomic mass is 9.97. The fraction of sp³-hybridized carbons (Fsp3) is 0.500. The van der Waals surface area contributed by atoms with E-state index in [9.17, 15) is 9.90 Å². The van der Waals surface area contributed by atoms with E-state index in [2.05, 4.69) is 11.9 Å². The van der Waals surface area contributed by atoms with Gasteiger partial charge in [0.25, 0.3) is 0 Å². The number of piperidine rings is 1.